The maximum absolute atomic E-state index is 12.3. The molecule has 0 aliphatic rings. The van der Waals surface area contributed by atoms with Gasteiger partial charge in [-0.25, -0.2) is 4.79 Å². The molecule has 0 aliphatic heterocycles. The van der Waals surface area contributed by atoms with Crippen molar-refractivity contribution < 1.29 is 19.4 Å². The Morgan fingerprint density at radius 1 is 1.19 bits per heavy atom. The van der Waals surface area contributed by atoms with Crippen LogP contribution in [0.1, 0.15) is 24.9 Å². The fourth-order valence-corrected chi connectivity index (χ4v) is 2.76. The van der Waals surface area contributed by atoms with Gasteiger partial charge in [-0.15, -0.1) is 11.3 Å². The molecule has 0 spiro atoms. The van der Waals surface area contributed by atoms with Crippen LogP contribution in [0, 0.1) is 0 Å². The summed E-state index contributed by atoms with van der Waals surface area (Å²) in [6.45, 7) is 0.392. The van der Waals surface area contributed by atoms with Crippen LogP contribution in [0.5, 0.6) is 5.75 Å². The van der Waals surface area contributed by atoms with E-state index in [1.807, 2.05) is 24.3 Å². The number of para-hydroxylation sites is 1. The van der Waals surface area contributed by atoms with E-state index in [9.17, 15) is 9.59 Å². The molecule has 110 valence electrons. The lowest BCUT2D eigenvalue weighted by Gasteiger charge is -2.18. The molecule has 1 heterocycles. The standard InChI is InChI=1S/C15H15NO4S/c1-16(9-10-5-3-4-6-11(10)20-2)14(17)12-7-8-13(21-12)15(18)19/h3-8H,9H2,1-2H3,(H,18,19). The molecule has 1 N–H and O–H groups in total. The van der Waals surface area contributed by atoms with Crippen LogP contribution >= 0.6 is 11.3 Å². The number of amides is 1. The minimum absolute atomic E-state index is 0.157. The number of carboxylic acid groups (broad SMARTS) is 1. The van der Waals surface area contributed by atoms with Crippen LogP contribution in [-0.4, -0.2) is 36.0 Å². The van der Waals surface area contributed by atoms with Gasteiger partial charge >= 0.3 is 5.97 Å². The minimum Gasteiger partial charge on any atom is -0.496 e. The van der Waals surface area contributed by atoms with Gasteiger partial charge in [0.1, 0.15) is 10.6 Å². The number of thiophene rings is 1. The van der Waals surface area contributed by atoms with Crippen molar-refractivity contribution in [1.29, 1.82) is 0 Å². The first kappa shape index (κ1) is 15.1. The topological polar surface area (TPSA) is 66.8 Å². The Kier molecular flexibility index (Phi) is 4.59. The molecular weight excluding hydrogens is 290 g/mol. The summed E-state index contributed by atoms with van der Waals surface area (Å²) in [6.07, 6.45) is 0. The van der Waals surface area contributed by atoms with E-state index in [4.69, 9.17) is 9.84 Å². The van der Waals surface area contributed by atoms with Crippen molar-refractivity contribution >= 4 is 23.2 Å². The summed E-state index contributed by atoms with van der Waals surface area (Å²) < 4.78 is 5.25. The average molecular weight is 305 g/mol. The number of ether oxygens (including phenoxy) is 1. The van der Waals surface area contributed by atoms with Crippen molar-refractivity contribution in [3.8, 4) is 5.75 Å². The van der Waals surface area contributed by atoms with E-state index >= 15 is 0 Å². The monoisotopic (exact) mass is 305 g/mol. The number of carboxylic acids is 1. The first-order chi connectivity index (χ1) is 10.0. The fraction of sp³-hybridized carbons (Fsp3) is 0.200. The van der Waals surface area contributed by atoms with Gasteiger partial charge < -0.3 is 14.7 Å². The van der Waals surface area contributed by atoms with Crippen molar-refractivity contribution in [2.24, 2.45) is 0 Å². The quantitative estimate of drug-likeness (QED) is 0.922. The Morgan fingerprint density at radius 3 is 2.48 bits per heavy atom. The molecular formula is C15H15NO4S. The summed E-state index contributed by atoms with van der Waals surface area (Å²) in [5.74, 6) is -0.514. The van der Waals surface area contributed by atoms with Crippen LogP contribution in [0.25, 0.3) is 0 Å². The second-order valence-electron chi connectivity index (χ2n) is 4.44. The molecule has 1 aromatic heterocycles. The van der Waals surface area contributed by atoms with Crippen molar-refractivity contribution in [3.05, 3.63) is 51.7 Å². The Hall–Kier alpha value is -2.34. The number of methoxy groups -OCH3 is 1. The Balaban J connectivity index is 2.13. The molecule has 1 amide bonds. The number of rotatable bonds is 5. The molecule has 0 unspecified atom stereocenters. The fourth-order valence-electron chi connectivity index (χ4n) is 1.92. The van der Waals surface area contributed by atoms with Gasteiger partial charge in [0.2, 0.25) is 0 Å². The second kappa shape index (κ2) is 6.41. The third-order valence-corrected chi connectivity index (χ3v) is 4.04. The summed E-state index contributed by atoms with van der Waals surface area (Å²) in [5.41, 5.74) is 0.894. The second-order valence-corrected chi connectivity index (χ2v) is 5.53. The number of carbonyl (C=O) groups excluding carboxylic acids is 1. The number of hydrogen-bond acceptors (Lipinski definition) is 4. The molecule has 0 aliphatic carbocycles. The van der Waals surface area contributed by atoms with E-state index in [-0.39, 0.29) is 10.8 Å². The van der Waals surface area contributed by atoms with Crippen molar-refractivity contribution in [3.63, 3.8) is 0 Å². The van der Waals surface area contributed by atoms with Gasteiger partial charge in [0.05, 0.1) is 12.0 Å². The highest BCUT2D eigenvalue weighted by atomic mass is 32.1. The first-order valence-corrected chi connectivity index (χ1v) is 7.05. The van der Waals surface area contributed by atoms with E-state index in [2.05, 4.69) is 0 Å². The lowest BCUT2D eigenvalue weighted by molar-refractivity contribution is 0.0701. The summed E-state index contributed by atoms with van der Waals surface area (Å²) in [6, 6.07) is 10.4. The maximum atomic E-state index is 12.3. The molecule has 0 bridgehead atoms. The van der Waals surface area contributed by atoms with Crippen molar-refractivity contribution in [1.82, 2.24) is 4.90 Å². The lowest BCUT2D eigenvalue weighted by Crippen LogP contribution is -2.25. The third kappa shape index (κ3) is 3.41. The highest BCUT2D eigenvalue weighted by Gasteiger charge is 2.17. The summed E-state index contributed by atoms with van der Waals surface area (Å²) in [4.78, 5) is 25.2. The number of benzene rings is 1. The van der Waals surface area contributed by atoms with Gasteiger partial charge in [-0.1, -0.05) is 18.2 Å². The van der Waals surface area contributed by atoms with E-state index < -0.39 is 5.97 Å². The maximum Gasteiger partial charge on any atom is 0.345 e. The number of carbonyl (C=O) groups is 2. The molecule has 0 saturated carbocycles. The summed E-state index contributed by atoms with van der Waals surface area (Å²) >= 11 is 0.976. The van der Waals surface area contributed by atoms with Crippen molar-refractivity contribution in [2.45, 2.75) is 6.54 Å². The minimum atomic E-state index is -1.02. The number of aromatic carboxylic acids is 1. The Bertz CT molecular complexity index is 665. The molecule has 6 heteroatoms. The van der Waals surface area contributed by atoms with Crippen LogP contribution in [0.2, 0.25) is 0 Å². The predicted molar refractivity (Wildman–Crippen MR) is 80.1 cm³/mol. The van der Waals surface area contributed by atoms with E-state index in [1.165, 1.54) is 17.0 Å². The van der Waals surface area contributed by atoms with Crippen LogP contribution in [-0.2, 0) is 6.54 Å². The first-order valence-electron chi connectivity index (χ1n) is 6.23. The van der Waals surface area contributed by atoms with Gasteiger partial charge in [-0.05, 0) is 18.2 Å². The molecule has 0 radical (unpaired) electrons. The molecule has 21 heavy (non-hydrogen) atoms. The normalized spacial score (nSPS) is 10.2. The SMILES string of the molecule is COc1ccccc1CN(C)C(=O)c1ccc(C(=O)O)s1. The van der Waals surface area contributed by atoms with Crippen LogP contribution < -0.4 is 4.74 Å². The zero-order valence-electron chi connectivity index (χ0n) is 11.7. The van der Waals surface area contributed by atoms with Gasteiger partial charge in [0, 0.05) is 19.2 Å². The highest BCUT2D eigenvalue weighted by molar-refractivity contribution is 7.15. The Morgan fingerprint density at radius 2 is 1.86 bits per heavy atom. The van der Waals surface area contributed by atoms with Crippen LogP contribution in [0.15, 0.2) is 36.4 Å². The zero-order valence-corrected chi connectivity index (χ0v) is 12.5. The molecule has 2 aromatic rings. The molecule has 0 saturated heterocycles. The average Bonchev–Trinajstić information content (AvgIpc) is 2.97. The van der Waals surface area contributed by atoms with E-state index in [1.54, 1.807) is 14.2 Å². The smallest absolute Gasteiger partial charge is 0.345 e. The molecule has 0 fully saturated rings. The lowest BCUT2D eigenvalue weighted by atomic mass is 10.2. The zero-order chi connectivity index (χ0) is 15.4. The molecule has 0 atom stereocenters. The predicted octanol–water partition coefficient (Wildman–Crippen LogP) is 2.73. The van der Waals surface area contributed by atoms with Crippen molar-refractivity contribution in [2.75, 3.05) is 14.2 Å². The van der Waals surface area contributed by atoms with Gasteiger partial charge in [0.15, 0.2) is 0 Å². The number of nitrogens with zero attached hydrogens (tertiary/aromatic N) is 1. The third-order valence-electron chi connectivity index (χ3n) is 2.97. The van der Waals surface area contributed by atoms with E-state index in [0.717, 1.165) is 22.6 Å². The molecule has 1 aromatic carbocycles. The van der Waals surface area contributed by atoms with Gasteiger partial charge in [0.25, 0.3) is 5.91 Å². The highest BCUT2D eigenvalue weighted by Crippen LogP contribution is 2.22. The van der Waals surface area contributed by atoms with Gasteiger partial charge in [-0.3, -0.25) is 4.79 Å². The molecule has 2 rings (SSSR count). The largest absolute Gasteiger partial charge is 0.496 e. The summed E-state index contributed by atoms with van der Waals surface area (Å²) in [5, 5.41) is 8.89. The number of hydrogen-bond donors (Lipinski definition) is 1. The van der Waals surface area contributed by atoms with Gasteiger partial charge in [-0.2, -0.15) is 0 Å². The molecule has 5 nitrogen and oxygen atoms in total. The summed E-state index contributed by atoms with van der Waals surface area (Å²) in [7, 11) is 3.26. The van der Waals surface area contributed by atoms with Crippen LogP contribution in [0.4, 0.5) is 0 Å². The van der Waals surface area contributed by atoms with Crippen LogP contribution in [0.3, 0.4) is 0 Å². The van der Waals surface area contributed by atoms with E-state index in [0.29, 0.717) is 11.4 Å². The Labute approximate surface area is 126 Å².